The van der Waals surface area contributed by atoms with Crippen molar-refractivity contribution in [2.75, 3.05) is 25.0 Å². The molecule has 0 aliphatic carbocycles. The molecule has 1 atom stereocenters. The lowest BCUT2D eigenvalue weighted by Gasteiger charge is -2.33. The van der Waals surface area contributed by atoms with Crippen LogP contribution in [0.3, 0.4) is 0 Å². The number of hydrogen-bond donors (Lipinski definition) is 2. The average Bonchev–Trinajstić information content (AvgIpc) is 2.92. The van der Waals surface area contributed by atoms with Gasteiger partial charge >= 0.3 is 0 Å². The molecule has 2 N–H and O–H groups in total. The van der Waals surface area contributed by atoms with E-state index in [2.05, 4.69) is 39.8 Å². The van der Waals surface area contributed by atoms with E-state index in [9.17, 15) is 9.59 Å². The summed E-state index contributed by atoms with van der Waals surface area (Å²) in [6.07, 6.45) is 3.05. The van der Waals surface area contributed by atoms with E-state index >= 15 is 0 Å². The molecule has 0 radical (unpaired) electrons. The Bertz CT molecular complexity index is 1120. The van der Waals surface area contributed by atoms with Crippen LogP contribution in [-0.2, 0) is 4.79 Å². The molecule has 36 heavy (non-hydrogen) atoms. The van der Waals surface area contributed by atoms with Crippen LogP contribution in [0.2, 0.25) is 0 Å². The van der Waals surface area contributed by atoms with E-state index in [4.69, 9.17) is 0 Å². The Balaban J connectivity index is 1.33. The summed E-state index contributed by atoms with van der Waals surface area (Å²) in [4.78, 5) is 27.4. The molecule has 1 heterocycles. The number of hydrogen-bond acceptors (Lipinski definition) is 3. The van der Waals surface area contributed by atoms with Crippen molar-refractivity contribution in [1.82, 2.24) is 10.2 Å². The molecule has 2 amide bonds. The third-order valence-corrected chi connectivity index (χ3v) is 7.01. The minimum absolute atomic E-state index is 0.0297. The number of piperidine rings is 1. The van der Waals surface area contributed by atoms with Gasteiger partial charge in [-0.15, -0.1) is 0 Å². The van der Waals surface area contributed by atoms with Gasteiger partial charge in [-0.05, 0) is 73.7 Å². The number of carbonyl (C=O) groups excluding carboxylic acids is 2. The highest BCUT2D eigenvalue weighted by Crippen LogP contribution is 2.30. The molecular formula is C31H37N3O2. The van der Waals surface area contributed by atoms with E-state index < -0.39 is 0 Å². The van der Waals surface area contributed by atoms with Gasteiger partial charge in [-0.25, -0.2) is 0 Å². The summed E-state index contributed by atoms with van der Waals surface area (Å²) in [5.74, 6) is 0.482. The summed E-state index contributed by atoms with van der Waals surface area (Å²) in [5, 5.41) is 6.27. The molecule has 3 aromatic rings. The predicted molar refractivity (Wildman–Crippen MR) is 146 cm³/mol. The van der Waals surface area contributed by atoms with Crippen LogP contribution in [0, 0.1) is 5.92 Å². The largest absolute Gasteiger partial charge is 0.345 e. The Morgan fingerprint density at radius 3 is 2.22 bits per heavy atom. The van der Waals surface area contributed by atoms with Crippen molar-refractivity contribution in [3.63, 3.8) is 0 Å². The monoisotopic (exact) mass is 483 g/mol. The maximum atomic E-state index is 12.9. The second kappa shape index (κ2) is 12.5. The molecule has 3 aromatic carbocycles. The molecule has 1 aliphatic rings. The zero-order valence-electron chi connectivity index (χ0n) is 21.3. The Labute approximate surface area is 214 Å². The maximum Gasteiger partial charge on any atom is 0.251 e. The molecule has 0 saturated carbocycles. The Hall–Kier alpha value is -3.44. The molecule has 5 heteroatoms. The summed E-state index contributed by atoms with van der Waals surface area (Å²) in [6, 6.07) is 27.9. The van der Waals surface area contributed by atoms with E-state index in [1.165, 1.54) is 5.56 Å². The highest BCUT2D eigenvalue weighted by molar-refractivity contribution is 5.94. The van der Waals surface area contributed by atoms with Crippen LogP contribution in [0.4, 0.5) is 5.69 Å². The molecule has 1 aliphatic heterocycles. The van der Waals surface area contributed by atoms with Crippen LogP contribution in [0.25, 0.3) is 0 Å². The number of anilines is 1. The Kier molecular flexibility index (Phi) is 8.90. The number of carbonyl (C=O) groups is 2. The summed E-state index contributed by atoms with van der Waals surface area (Å²) < 4.78 is 0. The van der Waals surface area contributed by atoms with Gasteiger partial charge in [0.15, 0.2) is 0 Å². The zero-order chi connectivity index (χ0) is 25.3. The van der Waals surface area contributed by atoms with Crippen LogP contribution in [0.1, 0.15) is 66.6 Å². The van der Waals surface area contributed by atoms with Crippen molar-refractivity contribution in [2.45, 2.75) is 45.1 Å². The predicted octanol–water partition coefficient (Wildman–Crippen LogP) is 6.02. The van der Waals surface area contributed by atoms with E-state index in [-0.39, 0.29) is 23.8 Å². The third-order valence-electron chi connectivity index (χ3n) is 7.01. The van der Waals surface area contributed by atoms with Crippen molar-refractivity contribution in [3.05, 3.63) is 102 Å². The van der Waals surface area contributed by atoms with Crippen LogP contribution in [-0.4, -0.2) is 36.3 Å². The summed E-state index contributed by atoms with van der Waals surface area (Å²) in [6.45, 7) is 6.81. The third kappa shape index (κ3) is 7.05. The Morgan fingerprint density at radius 1 is 0.889 bits per heavy atom. The number of rotatable bonds is 9. The molecule has 0 spiro atoms. The number of amides is 2. The number of benzene rings is 3. The quantitative estimate of drug-likeness (QED) is 0.391. The molecule has 188 valence electrons. The molecule has 1 saturated heterocycles. The van der Waals surface area contributed by atoms with Crippen LogP contribution < -0.4 is 10.6 Å². The average molecular weight is 484 g/mol. The van der Waals surface area contributed by atoms with Gasteiger partial charge in [0.25, 0.3) is 5.91 Å². The normalized spacial score (nSPS) is 15.4. The van der Waals surface area contributed by atoms with Crippen LogP contribution in [0.15, 0.2) is 84.9 Å². The molecule has 1 unspecified atom stereocenters. The van der Waals surface area contributed by atoms with Crippen LogP contribution in [0.5, 0.6) is 0 Å². The first kappa shape index (κ1) is 25.6. The summed E-state index contributed by atoms with van der Waals surface area (Å²) in [7, 11) is 0. The van der Waals surface area contributed by atoms with Crippen molar-refractivity contribution in [3.8, 4) is 0 Å². The Morgan fingerprint density at radius 2 is 1.56 bits per heavy atom. The number of nitrogens with one attached hydrogen (secondary N) is 2. The van der Waals surface area contributed by atoms with Gasteiger partial charge in [-0.2, -0.15) is 0 Å². The van der Waals surface area contributed by atoms with Crippen molar-refractivity contribution < 1.29 is 9.59 Å². The minimum Gasteiger partial charge on any atom is -0.345 e. The second-order valence-electron chi connectivity index (χ2n) is 9.98. The highest BCUT2D eigenvalue weighted by Gasteiger charge is 2.23. The fraction of sp³-hybridized carbons (Fsp3) is 0.355. The fourth-order valence-electron chi connectivity index (χ4n) is 4.80. The van der Waals surface area contributed by atoms with Gasteiger partial charge in [0.1, 0.15) is 0 Å². The summed E-state index contributed by atoms with van der Waals surface area (Å²) in [5.41, 5.74) is 4.00. The minimum atomic E-state index is -0.0346. The van der Waals surface area contributed by atoms with E-state index in [0.717, 1.165) is 50.1 Å². The SMILES string of the molecule is CC(C)C(=O)Nc1cccc(C2CCN(CCC(NC(=O)c3ccccc3)c3ccccc3)CC2)c1. The van der Waals surface area contributed by atoms with Gasteiger partial charge in [0, 0.05) is 23.7 Å². The molecule has 1 fully saturated rings. The summed E-state index contributed by atoms with van der Waals surface area (Å²) >= 11 is 0. The molecule has 4 rings (SSSR count). The lowest BCUT2D eigenvalue weighted by atomic mass is 9.89. The van der Waals surface area contributed by atoms with Crippen molar-refractivity contribution >= 4 is 17.5 Å². The molecule has 5 nitrogen and oxygen atoms in total. The maximum absolute atomic E-state index is 12.9. The smallest absolute Gasteiger partial charge is 0.251 e. The number of nitrogens with zero attached hydrogens (tertiary/aromatic N) is 1. The van der Waals surface area contributed by atoms with Crippen LogP contribution >= 0.6 is 0 Å². The van der Waals surface area contributed by atoms with Gasteiger partial charge in [0.05, 0.1) is 6.04 Å². The molecule has 0 bridgehead atoms. The standard InChI is InChI=1S/C31H37N3O2/c1-23(2)30(35)32-28-15-9-14-27(22-28)24-16-19-34(20-17-24)21-18-29(25-10-5-3-6-11-25)33-31(36)26-12-7-4-8-13-26/h3-15,22-24,29H,16-21H2,1-2H3,(H,32,35)(H,33,36). The van der Waals surface area contributed by atoms with Gasteiger partial charge in [-0.1, -0.05) is 74.5 Å². The van der Waals surface area contributed by atoms with Gasteiger partial charge < -0.3 is 15.5 Å². The lowest BCUT2D eigenvalue weighted by molar-refractivity contribution is -0.118. The molecule has 0 aromatic heterocycles. The first-order valence-electron chi connectivity index (χ1n) is 13.0. The van der Waals surface area contributed by atoms with Gasteiger partial charge in [-0.3, -0.25) is 9.59 Å². The van der Waals surface area contributed by atoms with Crippen molar-refractivity contribution in [1.29, 1.82) is 0 Å². The second-order valence-corrected chi connectivity index (χ2v) is 9.98. The highest BCUT2D eigenvalue weighted by atomic mass is 16.2. The van der Waals surface area contributed by atoms with Gasteiger partial charge in [0.2, 0.25) is 5.91 Å². The molecular weight excluding hydrogens is 446 g/mol. The topological polar surface area (TPSA) is 61.4 Å². The van der Waals surface area contributed by atoms with Crippen molar-refractivity contribution in [2.24, 2.45) is 5.92 Å². The zero-order valence-corrected chi connectivity index (χ0v) is 21.3. The van der Waals surface area contributed by atoms with E-state index in [1.807, 2.05) is 74.5 Å². The first-order chi connectivity index (χ1) is 17.5. The number of likely N-dealkylation sites (tertiary alicyclic amines) is 1. The lowest BCUT2D eigenvalue weighted by Crippen LogP contribution is -2.36. The first-order valence-corrected chi connectivity index (χ1v) is 13.0. The fourth-order valence-corrected chi connectivity index (χ4v) is 4.80. The van der Waals surface area contributed by atoms with E-state index in [1.54, 1.807) is 0 Å². The van der Waals surface area contributed by atoms with E-state index in [0.29, 0.717) is 11.5 Å².